The van der Waals surface area contributed by atoms with Gasteiger partial charge in [0.15, 0.2) is 0 Å². The highest BCUT2D eigenvalue weighted by atomic mass is 16.2. The van der Waals surface area contributed by atoms with Crippen molar-refractivity contribution in [2.24, 2.45) is 0 Å². The first-order chi connectivity index (χ1) is 9.06. The minimum Gasteiger partial charge on any atom is -0.351 e. The van der Waals surface area contributed by atoms with Crippen molar-refractivity contribution in [3.63, 3.8) is 0 Å². The fourth-order valence-corrected chi connectivity index (χ4v) is 1.76. The smallest absolute Gasteiger partial charge is 0.242 e. The predicted octanol–water partition coefficient (Wildman–Crippen LogP) is 1.73. The molecule has 1 N–H and O–H groups in total. The summed E-state index contributed by atoms with van der Waals surface area (Å²) >= 11 is 0. The van der Waals surface area contributed by atoms with E-state index in [0.29, 0.717) is 13.1 Å². The van der Waals surface area contributed by atoms with Crippen LogP contribution in [0.15, 0.2) is 43.0 Å². The molecule has 0 heterocycles. The molecule has 4 heteroatoms. The van der Waals surface area contributed by atoms with Gasteiger partial charge in [-0.05, 0) is 12.5 Å². The van der Waals surface area contributed by atoms with Crippen LogP contribution in [0.5, 0.6) is 0 Å². The zero-order chi connectivity index (χ0) is 14.3. The lowest BCUT2D eigenvalue weighted by Gasteiger charge is -2.27. The zero-order valence-electron chi connectivity index (χ0n) is 11.4. The Morgan fingerprint density at radius 2 is 2.00 bits per heavy atom. The number of benzene rings is 1. The van der Waals surface area contributed by atoms with Crippen LogP contribution in [0.25, 0.3) is 0 Å². The Bertz CT molecular complexity index is 443. The molecule has 1 rings (SSSR count). The summed E-state index contributed by atoms with van der Waals surface area (Å²) in [5, 5.41) is 2.70. The van der Waals surface area contributed by atoms with Gasteiger partial charge in [-0.25, -0.2) is 0 Å². The molecule has 0 aromatic heterocycles. The third-order valence-electron chi connectivity index (χ3n) is 2.87. The third-order valence-corrected chi connectivity index (χ3v) is 2.87. The molecule has 4 nitrogen and oxygen atoms in total. The Morgan fingerprint density at radius 3 is 2.53 bits per heavy atom. The zero-order valence-corrected chi connectivity index (χ0v) is 11.4. The van der Waals surface area contributed by atoms with Gasteiger partial charge in [0.1, 0.15) is 6.04 Å². The van der Waals surface area contributed by atoms with Gasteiger partial charge in [0.25, 0.3) is 0 Å². The van der Waals surface area contributed by atoms with Gasteiger partial charge in [-0.2, -0.15) is 0 Å². The number of hydrogen-bond donors (Lipinski definition) is 1. The predicted molar refractivity (Wildman–Crippen MR) is 75.3 cm³/mol. The van der Waals surface area contributed by atoms with E-state index in [1.165, 1.54) is 6.92 Å². The maximum atomic E-state index is 11.9. The maximum Gasteiger partial charge on any atom is 0.242 e. The molecule has 0 saturated heterocycles. The molecule has 1 aromatic rings. The Hall–Kier alpha value is -2.10. The first-order valence-electron chi connectivity index (χ1n) is 6.26. The molecule has 1 atom stereocenters. The van der Waals surface area contributed by atoms with Crippen LogP contribution in [0.1, 0.15) is 19.4 Å². The quantitative estimate of drug-likeness (QED) is 0.792. The number of nitrogens with one attached hydrogen (secondary N) is 1. The number of carbonyl (C=O) groups is 2. The first kappa shape index (κ1) is 15.0. The van der Waals surface area contributed by atoms with Crippen molar-refractivity contribution in [2.75, 3.05) is 6.54 Å². The van der Waals surface area contributed by atoms with E-state index in [-0.39, 0.29) is 11.8 Å². The summed E-state index contributed by atoms with van der Waals surface area (Å²) in [4.78, 5) is 25.1. The Balaban J connectivity index is 2.74. The van der Waals surface area contributed by atoms with E-state index in [9.17, 15) is 9.59 Å². The molecular weight excluding hydrogens is 240 g/mol. The van der Waals surface area contributed by atoms with Crippen LogP contribution in [0.3, 0.4) is 0 Å². The molecule has 0 aliphatic rings. The Morgan fingerprint density at radius 1 is 1.37 bits per heavy atom. The normalized spacial score (nSPS) is 11.5. The van der Waals surface area contributed by atoms with Gasteiger partial charge < -0.3 is 10.2 Å². The number of nitrogens with zero attached hydrogens (tertiary/aromatic N) is 1. The van der Waals surface area contributed by atoms with Gasteiger partial charge in [0.05, 0.1) is 0 Å². The summed E-state index contributed by atoms with van der Waals surface area (Å²) in [6, 6.07) is 9.11. The molecule has 0 unspecified atom stereocenters. The molecule has 0 spiro atoms. The van der Waals surface area contributed by atoms with Crippen LogP contribution in [-0.4, -0.2) is 29.3 Å². The Kier molecular flexibility index (Phi) is 5.79. The molecule has 19 heavy (non-hydrogen) atoms. The fraction of sp³-hybridized carbons (Fsp3) is 0.333. The van der Waals surface area contributed by atoms with Crippen molar-refractivity contribution in [1.82, 2.24) is 10.2 Å². The van der Waals surface area contributed by atoms with Gasteiger partial charge in [-0.3, -0.25) is 9.59 Å². The van der Waals surface area contributed by atoms with Gasteiger partial charge >= 0.3 is 0 Å². The average Bonchev–Trinajstić information content (AvgIpc) is 2.42. The van der Waals surface area contributed by atoms with E-state index in [1.54, 1.807) is 17.9 Å². The Labute approximate surface area is 114 Å². The second-order valence-corrected chi connectivity index (χ2v) is 4.34. The SMILES string of the molecule is C=CCNC(=O)[C@H](C)N(Cc1ccccc1)C(C)=O. The average molecular weight is 260 g/mol. The molecule has 0 fully saturated rings. The van der Waals surface area contributed by atoms with Gasteiger partial charge in [-0.1, -0.05) is 36.4 Å². The fourth-order valence-electron chi connectivity index (χ4n) is 1.76. The number of hydrogen-bond acceptors (Lipinski definition) is 2. The summed E-state index contributed by atoms with van der Waals surface area (Å²) in [6.07, 6.45) is 1.61. The highest BCUT2D eigenvalue weighted by Gasteiger charge is 2.23. The van der Waals surface area contributed by atoms with E-state index >= 15 is 0 Å². The largest absolute Gasteiger partial charge is 0.351 e. The van der Waals surface area contributed by atoms with Crippen molar-refractivity contribution < 1.29 is 9.59 Å². The summed E-state index contributed by atoms with van der Waals surface area (Å²) < 4.78 is 0. The van der Waals surface area contributed by atoms with Gasteiger partial charge in [0, 0.05) is 20.0 Å². The van der Waals surface area contributed by atoms with Crippen molar-refractivity contribution in [3.8, 4) is 0 Å². The summed E-state index contributed by atoms with van der Waals surface area (Å²) in [5.41, 5.74) is 1.00. The third kappa shape index (κ3) is 4.58. The van der Waals surface area contributed by atoms with E-state index in [4.69, 9.17) is 0 Å². The van der Waals surface area contributed by atoms with Crippen molar-refractivity contribution in [2.45, 2.75) is 26.4 Å². The lowest BCUT2D eigenvalue weighted by molar-refractivity contribution is -0.138. The van der Waals surface area contributed by atoms with E-state index < -0.39 is 6.04 Å². The molecule has 0 aliphatic heterocycles. The van der Waals surface area contributed by atoms with E-state index in [0.717, 1.165) is 5.56 Å². The molecule has 0 bridgehead atoms. The second-order valence-electron chi connectivity index (χ2n) is 4.34. The highest BCUT2D eigenvalue weighted by Crippen LogP contribution is 2.09. The molecule has 1 aromatic carbocycles. The summed E-state index contributed by atoms with van der Waals surface area (Å²) in [5.74, 6) is -0.295. The lowest BCUT2D eigenvalue weighted by Crippen LogP contribution is -2.46. The van der Waals surface area contributed by atoms with Crippen LogP contribution in [0.4, 0.5) is 0 Å². The second kappa shape index (κ2) is 7.36. The molecule has 2 amide bonds. The van der Waals surface area contributed by atoms with Crippen molar-refractivity contribution in [1.29, 1.82) is 0 Å². The van der Waals surface area contributed by atoms with Crippen LogP contribution in [-0.2, 0) is 16.1 Å². The molecule has 102 valence electrons. The van der Waals surface area contributed by atoms with Gasteiger partial charge in [-0.15, -0.1) is 6.58 Å². The lowest BCUT2D eigenvalue weighted by atomic mass is 10.1. The topological polar surface area (TPSA) is 49.4 Å². The van der Waals surface area contributed by atoms with E-state index in [1.807, 2.05) is 30.3 Å². The van der Waals surface area contributed by atoms with Crippen LogP contribution in [0, 0.1) is 0 Å². The summed E-state index contributed by atoms with van der Waals surface area (Å²) in [6.45, 7) is 7.57. The highest BCUT2D eigenvalue weighted by molar-refractivity contribution is 5.86. The minimum atomic E-state index is -0.502. The monoisotopic (exact) mass is 260 g/mol. The molecule has 0 saturated carbocycles. The molecule has 0 radical (unpaired) electrons. The molecule has 0 aliphatic carbocycles. The van der Waals surface area contributed by atoms with Crippen LogP contribution >= 0.6 is 0 Å². The minimum absolute atomic E-state index is 0.120. The number of rotatable bonds is 6. The number of amides is 2. The van der Waals surface area contributed by atoms with Crippen molar-refractivity contribution in [3.05, 3.63) is 48.6 Å². The molecular formula is C15H20N2O2. The van der Waals surface area contributed by atoms with Crippen LogP contribution < -0.4 is 5.32 Å². The van der Waals surface area contributed by atoms with Crippen LogP contribution in [0.2, 0.25) is 0 Å². The van der Waals surface area contributed by atoms with Crippen molar-refractivity contribution >= 4 is 11.8 Å². The van der Waals surface area contributed by atoms with Gasteiger partial charge in [0.2, 0.25) is 11.8 Å². The maximum absolute atomic E-state index is 11.9. The van der Waals surface area contributed by atoms with E-state index in [2.05, 4.69) is 11.9 Å². The number of carbonyl (C=O) groups excluding carboxylic acids is 2. The summed E-state index contributed by atoms with van der Waals surface area (Å²) in [7, 11) is 0. The standard InChI is InChI=1S/C15H20N2O2/c1-4-10-16-15(19)12(2)17(13(3)18)11-14-8-6-5-7-9-14/h4-9,12H,1,10-11H2,2-3H3,(H,16,19)/t12-/m0/s1. The first-order valence-corrected chi connectivity index (χ1v) is 6.26.